The number of hydrogen-bond acceptors (Lipinski definition) is 5. The van der Waals surface area contributed by atoms with E-state index in [0.717, 1.165) is 19.3 Å². The van der Waals surface area contributed by atoms with Crippen LogP contribution < -0.4 is 0 Å². The summed E-state index contributed by atoms with van der Waals surface area (Å²) in [7, 11) is 0. The highest BCUT2D eigenvalue weighted by Gasteiger charge is 2.62. The maximum atomic E-state index is 12.8. The van der Waals surface area contributed by atoms with Crippen LogP contribution in [0.15, 0.2) is 0 Å². The van der Waals surface area contributed by atoms with Crippen LogP contribution in [0, 0.1) is 39.9 Å². The van der Waals surface area contributed by atoms with Crippen molar-refractivity contribution in [2.45, 2.75) is 85.9 Å². The summed E-state index contributed by atoms with van der Waals surface area (Å²) in [5, 5.41) is 10.1. The predicted octanol–water partition coefficient (Wildman–Crippen LogP) is 4.25. The predicted molar refractivity (Wildman–Crippen MR) is 97.8 cm³/mol. The fraction of sp³-hybridized carbons (Fsp3) is 0.857. The van der Waals surface area contributed by atoms with Crippen LogP contribution in [-0.4, -0.2) is 24.1 Å². The fourth-order valence-electron chi connectivity index (χ4n) is 5.10. The monoisotopic (exact) mass is 363 g/mol. The summed E-state index contributed by atoms with van der Waals surface area (Å²) in [6.45, 7) is 11.4. The third-order valence-electron chi connectivity index (χ3n) is 6.51. The molecule has 0 heterocycles. The van der Waals surface area contributed by atoms with E-state index in [1.165, 1.54) is 0 Å². The quantitative estimate of drug-likeness (QED) is 0.539. The summed E-state index contributed by atoms with van der Waals surface area (Å²) in [6.07, 6.45) is 3.75. The van der Waals surface area contributed by atoms with Crippen molar-refractivity contribution in [3.8, 4) is 6.07 Å². The average molecular weight is 363 g/mol. The van der Waals surface area contributed by atoms with Gasteiger partial charge in [-0.2, -0.15) is 5.26 Å². The highest BCUT2D eigenvalue weighted by Crippen LogP contribution is 2.63. The second-order valence-corrected chi connectivity index (χ2v) is 9.09. The summed E-state index contributed by atoms with van der Waals surface area (Å²) in [6, 6.07) is 2.39. The SMILES string of the molecule is CC(C)OC(=O)C(C(=O)OC(C)C)[C@@]1(C#N)C[C@H]2CCC[C@H](C)[C@@]2(C)C1. The zero-order valence-electron chi connectivity index (χ0n) is 17.0. The van der Waals surface area contributed by atoms with Gasteiger partial charge in [0.1, 0.15) is 0 Å². The van der Waals surface area contributed by atoms with Crippen molar-refractivity contribution in [3.63, 3.8) is 0 Å². The molecule has 5 nitrogen and oxygen atoms in total. The second-order valence-electron chi connectivity index (χ2n) is 9.09. The molecule has 0 aromatic carbocycles. The zero-order valence-corrected chi connectivity index (χ0v) is 17.0. The molecule has 5 heteroatoms. The van der Waals surface area contributed by atoms with Crippen LogP contribution in [0.2, 0.25) is 0 Å². The third-order valence-corrected chi connectivity index (χ3v) is 6.51. The Morgan fingerprint density at radius 3 is 2.04 bits per heavy atom. The van der Waals surface area contributed by atoms with Gasteiger partial charge in [-0.1, -0.05) is 26.7 Å². The van der Waals surface area contributed by atoms with Gasteiger partial charge in [0.2, 0.25) is 0 Å². The Kier molecular flexibility index (Phi) is 6.05. The lowest BCUT2D eigenvalue weighted by molar-refractivity contribution is -0.171. The number of nitrogens with zero attached hydrogens (tertiary/aromatic N) is 1. The van der Waals surface area contributed by atoms with E-state index in [1.54, 1.807) is 27.7 Å². The minimum Gasteiger partial charge on any atom is -0.462 e. The maximum Gasteiger partial charge on any atom is 0.322 e. The smallest absolute Gasteiger partial charge is 0.322 e. The van der Waals surface area contributed by atoms with E-state index in [1.807, 2.05) is 0 Å². The Morgan fingerprint density at radius 2 is 1.62 bits per heavy atom. The lowest BCUT2D eigenvalue weighted by Crippen LogP contribution is -2.43. The van der Waals surface area contributed by atoms with Crippen molar-refractivity contribution in [2.75, 3.05) is 0 Å². The van der Waals surface area contributed by atoms with Gasteiger partial charge in [0, 0.05) is 0 Å². The summed E-state index contributed by atoms with van der Waals surface area (Å²) in [5.74, 6) is -1.59. The van der Waals surface area contributed by atoms with E-state index in [2.05, 4.69) is 19.9 Å². The summed E-state index contributed by atoms with van der Waals surface area (Å²) in [4.78, 5) is 25.7. The van der Waals surface area contributed by atoms with E-state index in [9.17, 15) is 14.9 Å². The molecule has 0 aromatic heterocycles. The molecule has 0 spiro atoms. The van der Waals surface area contributed by atoms with Gasteiger partial charge in [-0.05, 0) is 64.2 Å². The molecule has 0 N–H and O–H groups in total. The van der Waals surface area contributed by atoms with Crippen LogP contribution >= 0.6 is 0 Å². The highest BCUT2D eigenvalue weighted by molar-refractivity contribution is 5.96. The number of hydrogen-bond donors (Lipinski definition) is 0. The van der Waals surface area contributed by atoms with Crippen LogP contribution in [0.5, 0.6) is 0 Å². The number of ether oxygens (including phenoxy) is 2. The van der Waals surface area contributed by atoms with E-state index in [4.69, 9.17) is 9.47 Å². The van der Waals surface area contributed by atoms with E-state index >= 15 is 0 Å². The van der Waals surface area contributed by atoms with Gasteiger partial charge in [0.05, 0.1) is 23.7 Å². The van der Waals surface area contributed by atoms with E-state index in [-0.39, 0.29) is 17.6 Å². The lowest BCUT2D eigenvalue weighted by Gasteiger charge is -2.42. The molecule has 2 saturated carbocycles. The lowest BCUT2D eigenvalue weighted by atomic mass is 9.63. The minimum atomic E-state index is -1.17. The standard InChI is InChI=1S/C21H33NO4/c1-13(2)25-18(23)17(19(24)26-14(3)4)21(12-22)10-16-9-7-8-15(5)20(16,6)11-21/h13-17H,7-11H2,1-6H3/t15-,16+,20+,21-/m0/s1. The normalized spacial score (nSPS) is 33.8. The molecule has 2 aliphatic carbocycles. The molecule has 0 aliphatic heterocycles. The van der Waals surface area contributed by atoms with Crippen LogP contribution in [0.4, 0.5) is 0 Å². The zero-order chi connectivity index (χ0) is 19.7. The van der Waals surface area contributed by atoms with Crippen molar-refractivity contribution < 1.29 is 19.1 Å². The molecule has 2 rings (SSSR count). The van der Waals surface area contributed by atoms with Crippen LogP contribution in [0.1, 0.15) is 73.6 Å². The van der Waals surface area contributed by atoms with Gasteiger partial charge < -0.3 is 9.47 Å². The number of rotatable bonds is 5. The van der Waals surface area contributed by atoms with Crippen molar-refractivity contribution >= 4 is 11.9 Å². The maximum absolute atomic E-state index is 12.8. The van der Waals surface area contributed by atoms with E-state index < -0.39 is 23.3 Å². The first-order valence-corrected chi connectivity index (χ1v) is 9.88. The molecule has 0 saturated heterocycles. The number of carbonyl (C=O) groups is 2. The summed E-state index contributed by atoms with van der Waals surface area (Å²) in [5.41, 5.74) is -1.07. The van der Waals surface area contributed by atoms with Crippen molar-refractivity contribution in [2.24, 2.45) is 28.6 Å². The average Bonchev–Trinajstić information content (AvgIpc) is 2.81. The number of nitriles is 1. The molecule has 146 valence electrons. The van der Waals surface area contributed by atoms with E-state index in [0.29, 0.717) is 24.7 Å². The molecule has 0 radical (unpaired) electrons. The Hall–Kier alpha value is -1.57. The first-order chi connectivity index (χ1) is 12.1. The highest BCUT2D eigenvalue weighted by atomic mass is 16.6. The van der Waals surface area contributed by atoms with Gasteiger partial charge in [-0.25, -0.2) is 0 Å². The van der Waals surface area contributed by atoms with Gasteiger partial charge in [-0.15, -0.1) is 0 Å². The first kappa shape index (κ1) is 20.7. The second kappa shape index (κ2) is 7.58. The molecule has 0 bridgehead atoms. The molecule has 0 unspecified atom stereocenters. The fourth-order valence-corrected chi connectivity index (χ4v) is 5.10. The molecule has 2 aliphatic rings. The Bertz CT molecular complexity index is 571. The summed E-state index contributed by atoms with van der Waals surface area (Å²) < 4.78 is 10.8. The molecule has 26 heavy (non-hydrogen) atoms. The Balaban J connectivity index is 2.42. The molecular formula is C21H33NO4. The number of fused-ring (bicyclic) bond motifs is 1. The Morgan fingerprint density at radius 1 is 1.08 bits per heavy atom. The van der Waals surface area contributed by atoms with Gasteiger partial charge in [0.25, 0.3) is 0 Å². The van der Waals surface area contributed by atoms with Crippen LogP contribution in [0.25, 0.3) is 0 Å². The molecule has 0 aromatic rings. The summed E-state index contributed by atoms with van der Waals surface area (Å²) >= 11 is 0. The first-order valence-electron chi connectivity index (χ1n) is 9.88. The molecule has 2 fully saturated rings. The largest absolute Gasteiger partial charge is 0.462 e. The minimum absolute atomic E-state index is 0.0253. The number of carbonyl (C=O) groups excluding carboxylic acids is 2. The van der Waals surface area contributed by atoms with Gasteiger partial charge in [-0.3, -0.25) is 9.59 Å². The van der Waals surface area contributed by atoms with Crippen LogP contribution in [-0.2, 0) is 19.1 Å². The molecule has 4 atom stereocenters. The Labute approximate surface area is 157 Å². The van der Waals surface area contributed by atoms with Crippen molar-refractivity contribution in [1.82, 2.24) is 0 Å². The van der Waals surface area contributed by atoms with Crippen LogP contribution in [0.3, 0.4) is 0 Å². The van der Waals surface area contributed by atoms with Gasteiger partial charge in [0.15, 0.2) is 5.92 Å². The molecule has 0 amide bonds. The van der Waals surface area contributed by atoms with Crippen molar-refractivity contribution in [1.29, 1.82) is 5.26 Å². The third kappa shape index (κ3) is 3.75. The van der Waals surface area contributed by atoms with Crippen molar-refractivity contribution in [3.05, 3.63) is 0 Å². The van der Waals surface area contributed by atoms with Gasteiger partial charge >= 0.3 is 11.9 Å². The topological polar surface area (TPSA) is 76.4 Å². The number of esters is 2. The molecular weight excluding hydrogens is 330 g/mol.